The lowest BCUT2D eigenvalue weighted by molar-refractivity contribution is -0.142. The fourth-order valence-corrected chi connectivity index (χ4v) is 5.24. The van der Waals surface area contributed by atoms with Crippen LogP contribution < -0.4 is 10.4 Å². The van der Waals surface area contributed by atoms with Crippen molar-refractivity contribution in [3.05, 3.63) is 88.3 Å². The number of amides is 2. The van der Waals surface area contributed by atoms with Crippen molar-refractivity contribution < 1.29 is 32.4 Å². The molecule has 2 amide bonds. The van der Waals surface area contributed by atoms with Crippen molar-refractivity contribution in [3.8, 4) is 6.07 Å². The number of alkyl halides is 3. The summed E-state index contributed by atoms with van der Waals surface area (Å²) in [6.45, 7) is 3.20. The molecule has 0 bridgehead atoms. The Morgan fingerprint density at radius 1 is 1.15 bits per heavy atom. The SMILES string of the molecule is CONC1=CCN(C(=O)C2C(=O)N(c3cccc(C(F)(F)F)c3)C(C)=C(C(C)=O)C2c2ccc(C#N)cc2)CC1. The minimum absolute atomic E-state index is 0.0997. The molecule has 8 nitrogen and oxygen atoms in total. The summed E-state index contributed by atoms with van der Waals surface area (Å²) < 4.78 is 40.6. The van der Waals surface area contributed by atoms with Gasteiger partial charge in [-0.25, -0.2) is 0 Å². The van der Waals surface area contributed by atoms with Gasteiger partial charge in [0.1, 0.15) is 5.92 Å². The predicted molar refractivity (Wildman–Crippen MR) is 139 cm³/mol. The van der Waals surface area contributed by atoms with Gasteiger partial charge in [0, 0.05) is 48.1 Å². The van der Waals surface area contributed by atoms with Crippen molar-refractivity contribution in [2.24, 2.45) is 5.92 Å². The highest BCUT2D eigenvalue weighted by Crippen LogP contribution is 2.44. The van der Waals surface area contributed by atoms with Crippen molar-refractivity contribution in [2.75, 3.05) is 25.1 Å². The first-order valence-corrected chi connectivity index (χ1v) is 12.5. The molecule has 2 unspecified atom stereocenters. The Bertz CT molecular complexity index is 1440. The van der Waals surface area contributed by atoms with Crippen molar-refractivity contribution >= 4 is 23.3 Å². The highest BCUT2D eigenvalue weighted by atomic mass is 19.4. The Morgan fingerprint density at radius 2 is 1.85 bits per heavy atom. The van der Waals surface area contributed by atoms with E-state index in [1.54, 1.807) is 18.2 Å². The summed E-state index contributed by atoms with van der Waals surface area (Å²) in [6.07, 6.45) is -2.50. The molecule has 0 fully saturated rings. The quantitative estimate of drug-likeness (QED) is 0.420. The summed E-state index contributed by atoms with van der Waals surface area (Å²) >= 11 is 0. The average Bonchev–Trinajstić information content (AvgIpc) is 2.92. The molecule has 11 heteroatoms. The summed E-state index contributed by atoms with van der Waals surface area (Å²) in [6, 6.07) is 12.5. The van der Waals surface area contributed by atoms with Gasteiger partial charge in [-0.3, -0.25) is 29.6 Å². The van der Waals surface area contributed by atoms with E-state index >= 15 is 0 Å². The Labute approximate surface area is 229 Å². The monoisotopic (exact) mass is 552 g/mol. The number of halogens is 3. The second kappa shape index (κ2) is 11.4. The highest BCUT2D eigenvalue weighted by Gasteiger charge is 2.49. The fourth-order valence-electron chi connectivity index (χ4n) is 5.24. The third-order valence-corrected chi connectivity index (χ3v) is 7.09. The number of nitrogens with one attached hydrogen (secondary N) is 1. The third-order valence-electron chi connectivity index (χ3n) is 7.09. The Morgan fingerprint density at radius 3 is 2.40 bits per heavy atom. The Hall–Kier alpha value is -4.43. The normalized spacial score (nSPS) is 19.7. The smallest absolute Gasteiger partial charge is 0.338 e. The van der Waals surface area contributed by atoms with Crippen LogP contribution in [-0.4, -0.2) is 42.7 Å². The number of hydroxylamine groups is 1. The maximum Gasteiger partial charge on any atom is 0.416 e. The fraction of sp³-hybridized carbons (Fsp3) is 0.310. The summed E-state index contributed by atoms with van der Waals surface area (Å²) in [5.41, 5.74) is 3.51. The van der Waals surface area contributed by atoms with Crippen molar-refractivity contribution in [1.82, 2.24) is 10.4 Å². The molecule has 2 aliphatic heterocycles. The van der Waals surface area contributed by atoms with Crippen LogP contribution in [0.5, 0.6) is 0 Å². The average molecular weight is 553 g/mol. The molecule has 0 radical (unpaired) electrons. The zero-order valence-corrected chi connectivity index (χ0v) is 22.1. The molecule has 0 saturated carbocycles. The van der Waals surface area contributed by atoms with E-state index in [9.17, 15) is 32.8 Å². The molecule has 0 spiro atoms. The molecule has 40 heavy (non-hydrogen) atoms. The number of anilines is 1. The van der Waals surface area contributed by atoms with Gasteiger partial charge in [0.2, 0.25) is 11.8 Å². The number of nitrogens with zero attached hydrogens (tertiary/aromatic N) is 3. The van der Waals surface area contributed by atoms with E-state index in [0.29, 0.717) is 17.5 Å². The zero-order valence-electron chi connectivity index (χ0n) is 22.1. The number of rotatable bonds is 6. The van der Waals surface area contributed by atoms with Gasteiger partial charge in [0.05, 0.1) is 24.3 Å². The molecular formula is C29H27F3N4O4. The molecule has 0 saturated heterocycles. The van der Waals surface area contributed by atoms with Gasteiger partial charge in [0.15, 0.2) is 5.78 Å². The Kier molecular flexibility index (Phi) is 8.11. The lowest BCUT2D eigenvalue weighted by atomic mass is 9.73. The van der Waals surface area contributed by atoms with E-state index in [1.165, 1.54) is 50.1 Å². The third kappa shape index (κ3) is 5.49. The number of hydrogen-bond donors (Lipinski definition) is 1. The van der Waals surface area contributed by atoms with Crippen LogP contribution in [0.25, 0.3) is 0 Å². The van der Waals surface area contributed by atoms with Crippen molar-refractivity contribution in [3.63, 3.8) is 0 Å². The molecule has 208 valence electrons. The summed E-state index contributed by atoms with van der Waals surface area (Å²) in [7, 11) is 1.46. The maximum atomic E-state index is 14.2. The van der Waals surface area contributed by atoms with E-state index in [-0.39, 0.29) is 30.0 Å². The van der Waals surface area contributed by atoms with Crippen LogP contribution in [0, 0.1) is 17.2 Å². The first-order valence-electron chi connectivity index (χ1n) is 12.5. The molecular weight excluding hydrogens is 525 g/mol. The number of ketones is 1. The number of nitriles is 1. The molecule has 4 rings (SSSR count). The van der Waals surface area contributed by atoms with Crippen LogP contribution in [-0.2, 0) is 25.4 Å². The lowest BCUT2D eigenvalue weighted by Gasteiger charge is -2.41. The van der Waals surface area contributed by atoms with E-state index in [2.05, 4.69) is 5.48 Å². The predicted octanol–water partition coefficient (Wildman–Crippen LogP) is 4.45. The molecule has 2 atom stereocenters. The van der Waals surface area contributed by atoms with Gasteiger partial charge < -0.3 is 4.90 Å². The standard InChI is InChI=1S/C29H27F3N4O4/c1-17-24(18(2)37)25(20-9-7-19(16-33)8-10-20)26(27(38)35-13-11-22(12-14-35)34-40-3)28(39)36(17)23-6-4-5-21(15-23)29(30,31)32/h4-11,15,25-26,34H,12-14H2,1-3H3. The first-order chi connectivity index (χ1) is 19.0. The van der Waals surface area contributed by atoms with Crippen LogP contribution >= 0.6 is 0 Å². The maximum absolute atomic E-state index is 14.2. The molecule has 2 heterocycles. The molecule has 2 aromatic carbocycles. The van der Waals surface area contributed by atoms with Crippen LogP contribution in [0.1, 0.15) is 42.9 Å². The first kappa shape index (κ1) is 28.6. The minimum Gasteiger partial charge on any atom is -0.338 e. The van der Waals surface area contributed by atoms with E-state index < -0.39 is 41.2 Å². The summed E-state index contributed by atoms with van der Waals surface area (Å²) in [5.74, 6) is -4.18. The van der Waals surface area contributed by atoms with Gasteiger partial charge in [-0.1, -0.05) is 18.2 Å². The largest absolute Gasteiger partial charge is 0.416 e. The topological polar surface area (TPSA) is 103 Å². The van der Waals surface area contributed by atoms with Crippen LogP contribution in [0.2, 0.25) is 0 Å². The van der Waals surface area contributed by atoms with Gasteiger partial charge in [-0.05, 0) is 55.8 Å². The van der Waals surface area contributed by atoms with Crippen LogP contribution in [0.4, 0.5) is 18.9 Å². The van der Waals surface area contributed by atoms with Crippen LogP contribution in [0.15, 0.2) is 71.6 Å². The second-order valence-corrected chi connectivity index (χ2v) is 9.54. The van der Waals surface area contributed by atoms with Crippen molar-refractivity contribution in [2.45, 2.75) is 32.4 Å². The van der Waals surface area contributed by atoms with E-state index in [0.717, 1.165) is 22.7 Å². The summed E-state index contributed by atoms with van der Waals surface area (Å²) in [5, 5.41) is 9.24. The van der Waals surface area contributed by atoms with Crippen LogP contribution in [0.3, 0.4) is 0 Å². The lowest BCUT2D eigenvalue weighted by Crippen LogP contribution is -2.52. The second-order valence-electron chi connectivity index (χ2n) is 9.54. The number of hydrogen-bond acceptors (Lipinski definition) is 6. The molecule has 2 aromatic rings. The molecule has 2 aliphatic rings. The summed E-state index contributed by atoms with van der Waals surface area (Å²) in [4.78, 5) is 48.8. The minimum atomic E-state index is -4.66. The number of benzene rings is 2. The molecule has 1 N–H and O–H groups in total. The van der Waals surface area contributed by atoms with Gasteiger partial charge in [-0.2, -0.15) is 18.4 Å². The Balaban J connectivity index is 1.88. The van der Waals surface area contributed by atoms with E-state index in [4.69, 9.17) is 4.84 Å². The number of Topliss-reactive ketones (excluding diaryl/α,β-unsaturated/α-hetero) is 1. The number of carbonyl (C=O) groups excluding carboxylic acids is 3. The molecule has 0 aliphatic carbocycles. The van der Waals surface area contributed by atoms with Crippen molar-refractivity contribution in [1.29, 1.82) is 5.26 Å². The zero-order chi connectivity index (χ0) is 29.2. The van der Waals surface area contributed by atoms with Gasteiger partial charge in [-0.15, -0.1) is 0 Å². The van der Waals surface area contributed by atoms with E-state index in [1.807, 2.05) is 6.07 Å². The highest BCUT2D eigenvalue weighted by molar-refractivity contribution is 6.15. The van der Waals surface area contributed by atoms with Gasteiger partial charge in [0.25, 0.3) is 0 Å². The number of carbonyl (C=O) groups is 3. The van der Waals surface area contributed by atoms with Gasteiger partial charge >= 0.3 is 6.18 Å². The number of allylic oxidation sites excluding steroid dienone is 2. The molecule has 0 aromatic heterocycles.